The molecule has 0 saturated carbocycles. The number of nitrogens with zero attached hydrogens (tertiary/aromatic N) is 4. The first-order valence-corrected chi connectivity index (χ1v) is 8.85. The molecule has 0 saturated heterocycles. The van der Waals surface area contributed by atoms with Crippen LogP contribution in [0.15, 0.2) is 65.9 Å². The Morgan fingerprint density at radius 3 is 2.76 bits per heavy atom. The third-order valence-electron chi connectivity index (χ3n) is 4.36. The number of pyridine rings is 1. The van der Waals surface area contributed by atoms with Crippen molar-refractivity contribution in [3.63, 3.8) is 0 Å². The molecule has 2 heterocycles. The number of rotatable bonds is 6. The van der Waals surface area contributed by atoms with Crippen LogP contribution in [-0.2, 0) is 7.05 Å². The molecular weight excluding hydrogens is 370 g/mol. The van der Waals surface area contributed by atoms with Crippen LogP contribution >= 0.6 is 0 Å². The van der Waals surface area contributed by atoms with Crippen molar-refractivity contribution in [3.05, 3.63) is 66.5 Å². The van der Waals surface area contributed by atoms with Gasteiger partial charge in [-0.15, -0.1) is 0 Å². The predicted octanol–water partition coefficient (Wildman–Crippen LogP) is 4.32. The molecule has 0 fully saturated rings. The Morgan fingerprint density at radius 1 is 1.07 bits per heavy atom. The highest BCUT2D eigenvalue weighted by Crippen LogP contribution is 2.28. The van der Waals surface area contributed by atoms with Gasteiger partial charge < -0.3 is 24.6 Å². The van der Waals surface area contributed by atoms with E-state index in [1.807, 2.05) is 54.1 Å². The molecular formula is C21H19N5O3. The number of hydrogen-bond acceptors (Lipinski definition) is 7. The van der Waals surface area contributed by atoms with E-state index in [1.54, 1.807) is 25.4 Å². The summed E-state index contributed by atoms with van der Waals surface area (Å²) < 4.78 is 13.1. The summed E-state index contributed by atoms with van der Waals surface area (Å²) in [6.07, 6.45) is 2.83. The fourth-order valence-corrected chi connectivity index (χ4v) is 2.94. The summed E-state index contributed by atoms with van der Waals surface area (Å²) in [5.74, 6) is 2.70. The lowest BCUT2D eigenvalue weighted by Crippen LogP contribution is -1.99. The summed E-state index contributed by atoms with van der Waals surface area (Å²) in [7, 11) is 3.58. The number of benzene rings is 2. The van der Waals surface area contributed by atoms with Crippen LogP contribution in [0.5, 0.6) is 17.2 Å². The van der Waals surface area contributed by atoms with Gasteiger partial charge in [0.05, 0.1) is 30.1 Å². The molecule has 0 bridgehead atoms. The Kier molecular flexibility index (Phi) is 4.98. The summed E-state index contributed by atoms with van der Waals surface area (Å²) in [5, 5.41) is 14.9. The number of imidazole rings is 1. The third-order valence-corrected chi connectivity index (χ3v) is 4.36. The molecule has 146 valence electrons. The predicted molar refractivity (Wildman–Crippen MR) is 111 cm³/mol. The number of anilines is 2. The van der Waals surface area contributed by atoms with E-state index in [0.717, 1.165) is 22.5 Å². The number of aromatic nitrogens is 3. The van der Waals surface area contributed by atoms with E-state index in [4.69, 9.17) is 14.7 Å². The molecule has 8 nitrogen and oxygen atoms in total. The molecule has 8 heteroatoms. The zero-order valence-electron chi connectivity index (χ0n) is 15.9. The van der Waals surface area contributed by atoms with Gasteiger partial charge in [0.1, 0.15) is 17.2 Å². The zero-order chi connectivity index (χ0) is 20.2. The summed E-state index contributed by atoms with van der Waals surface area (Å²) in [6.45, 7) is 0. The highest BCUT2D eigenvalue weighted by molar-refractivity contribution is 5.81. The first kappa shape index (κ1) is 18.3. The molecule has 0 aliphatic rings. The van der Waals surface area contributed by atoms with Gasteiger partial charge in [0, 0.05) is 37.1 Å². The first-order valence-electron chi connectivity index (χ1n) is 8.85. The van der Waals surface area contributed by atoms with Gasteiger partial charge in [-0.05, 0) is 30.3 Å². The molecule has 2 aromatic carbocycles. The maximum Gasteiger partial charge on any atom is 0.208 e. The number of methoxy groups -OCH3 is 1. The van der Waals surface area contributed by atoms with Crippen molar-refractivity contribution in [3.8, 4) is 17.2 Å². The van der Waals surface area contributed by atoms with E-state index < -0.39 is 0 Å². The van der Waals surface area contributed by atoms with Gasteiger partial charge in [-0.2, -0.15) is 0 Å². The van der Waals surface area contributed by atoms with Crippen molar-refractivity contribution in [2.24, 2.45) is 12.2 Å². The second-order valence-corrected chi connectivity index (χ2v) is 6.26. The molecule has 0 spiro atoms. The van der Waals surface area contributed by atoms with Crippen LogP contribution in [-0.4, -0.2) is 33.1 Å². The minimum absolute atomic E-state index is 0.494. The van der Waals surface area contributed by atoms with Crippen molar-refractivity contribution in [1.29, 1.82) is 0 Å². The summed E-state index contributed by atoms with van der Waals surface area (Å²) in [6, 6.07) is 16.8. The van der Waals surface area contributed by atoms with Crippen molar-refractivity contribution in [2.45, 2.75) is 0 Å². The number of ether oxygens (including phenoxy) is 2. The average molecular weight is 389 g/mol. The lowest BCUT2D eigenvalue weighted by Gasteiger charge is -2.08. The summed E-state index contributed by atoms with van der Waals surface area (Å²) in [4.78, 5) is 8.74. The molecule has 0 unspecified atom stereocenters. The van der Waals surface area contributed by atoms with Crippen LogP contribution in [0.4, 0.5) is 11.6 Å². The quantitative estimate of drug-likeness (QED) is 0.290. The molecule has 4 rings (SSSR count). The molecule has 0 aliphatic carbocycles. The second-order valence-electron chi connectivity index (χ2n) is 6.26. The lowest BCUT2D eigenvalue weighted by molar-refractivity contribution is 0.321. The summed E-state index contributed by atoms with van der Waals surface area (Å²) in [5.41, 5.74) is 3.13. The van der Waals surface area contributed by atoms with E-state index in [1.165, 1.54) is 6.21 Å². The Bertz CT molecular complexity index is 1190. The summed E-state index contributed by atoms with van der Waals surface area (Å²) >= 11 is 0. The Hall–Kier alpha value is -4.07. The monoisotopic (exact) mass is 389 g/mol. The van der Waals surface area contributed by atoms with Crippen LogP contribution in [0.25, 0.3) is 11.0 Å². The standard InChI is InChI=1S/C21H19N5O3/c1-26-20-7-6-17(29-18-8-9-22-15(11-18)13-23-27)12-19(20)25-21(26)24-14-4-3-5-16(10-14)28-2/h3-13,27H,1-2H3,(H,24,25)/b23-13-. The second kappa shape index (κ2) is 7.89. The molecule has 0 radical (unpaired) electrons. The molecule has 29 heavy (non-hydrogen) atoms. The minimum atomic E-state index is 0.494. The maximum atomic E-state index is 8.65. The number of fused-ring (bicyclic) bond motifs is 1. The minimum Gasteiger partial charge on any atom is -0.497 e. The lowest BCUT2D eigenvalue weighted by atomic mass is 10.3. The average Bonchev–Trinajstić information content (AvgIpc) is 3.03. The number of nitrogens with one attached hydrogen (secondary N) is 1. The van der Waals surface area contributed by atoms with Crippen molar-refractivity contribution >= 4 is 28.9 Å². The fraction of sp³-hybridized carbons (Fsp3) is 0.0952. The topological polar surface area (TPSA) is 93.8 Å². The highest BCUT2D eigenvalue weighted by atomic mass is 16.5. The van der Waals surface area contributed by atoms with Crippen LogP contribution in [0, 0.1) is 0 Å². The van der Waals surface area contributed by atoms with Crippen LogP contribution in [0.2, 0.25) is 0 Å². The number of oxime groups is 1. The smallest absolute Gasteiger partial charge is 0.208 e. The first-order chi connectivity index (χ1) is 14.2. The van der Waals surface area contributed by atoms with E-state index in [-0.39, 0.29) is 0 Å². The van der Waals surface area contributed by atoms with Crippen LogP contribution in [0.3, 0.4) is 0 Å². The maximum absolute atomic E-state index is 8.65. The number of aryl methyl sites for hydroxylation is 1. The molecule has 0 atom stereocenters. The number of hydrogen-bond donors (Lipinski definition) is 2. The van der Waals surface area contributed by atoms with E-state index in [0.29, 0.717) is 23.1 Å². The fourth-order valence-electron chi connectivity index (χ4n) is 2.94. The van der Waals surface area contributed by atoms with Gasteiger partial charge >= 0.3 is 0 Å². The Labute approximate surface area is 167 Å². The largest absolute Gasteiger partial charge is 0.497 e. The van der Waals surface area contributed by atoms with E-state index in [2.05, 4.69) is 20.4 Å². The van der Waals surface area contributed by atoms with Gasteiger partial charge in [0.2, 0.25) is 5.95 Å². The molecule has 2 aromatic heterocycles. The molecule has 0 amide bonds. The van der Waals surface area contributed by atoms with Crippen molar-refractivity contribution < 1.29 is 14.7 Å². The van der Waals surface area contributed by atoms with Crippen LogP contribution < -0.4 is 14.8 Å². The zero-order valence-corrected chi connectivity index (χ0v) is 15.9. The van der Waals surface area contributed by atoms with Gasteiger partial charge in [-0.1, -0.05) is 11.2 Å². The van der Waals surface area contributed by atoms with Gasteiger partial charge in [-0.25, -0.2) is 4.98 Å². The normalized spacial score (nSPS) is 11.1. The molecule has 4 aromatic rings. The van der Waals surface area contributed by atoms with Gasteiger partial charge in [0.15, 0.2) is 0 Å². The van der Waals surface area contributed by atoms with Crippen molar-refractivity contribution in [1.82, 2.24) is 14.5 Å². The van der Waals surface area contributed by atoms with E-state index >= 15 is 0 Å². The van der Waals surface area contributed by atoms with Crippen molar-refractivity contribution in [2.75, 3.05) is 12.4 Å². The highest BCUT2D eigenvalue weighted by Gasteiger charge is 2.10. The Balaban J connectivity index is 1.60. The van der Waals surface area contributed by atoms with E-state index in [9.17, 15) is 0 Å². The third kappa shape index (κ3) is 3.96. The van der Waals surface area contributed by atoms with Crippen LogP contribution in [0.1, 0.15) is 5.69 Å². The Morgan fingerprint density at radius 2 is 1.93 bits per heavy atom. The molecule has 2 N–H and O–H groups in total. The van der Waals surface area contributed by atoms with Gasteiger partial charge in [0.25, 0.3) is 0 Å². The molecule has 0 aliphatic heterocycles. The van der Waals surface area contributed by atoms with Gasteiger partial charge in [-0.3, -0.25) is 4.98 Å². The SMILES string of the molecule is COc1cccc(Nc2nc3cc(Oc4ccnc(/C=N\O)c4)ccc3n2C)c1.